The predicted octanol–water partition coefficient (Wildman–Crippen LogP) is 1.85. The fourth-order valence-corrected chi connectivity index (χ4v) is 4.28. The molecule has 1 N–H and O–H groups in total. The second-order valence-electron chi connectivity index (χ2n) is 7.09. The van der Waals surface area contributed by atoms with Gasteiger partial charge in [-0.25, -0.2) is 8.42 Å². The number of nitrogens with one attached hydrogen (secondary N) is 1. The fraction of sp³-hybridized carbons (Fsp3) is 0.579. The second kappa shape index (κ2) is 9.32. The molecule has 2 rings (SSSR count). The van der Waals surface area contributed by atoms with Gasteiger partial charge in [-0.2, -0.15) is 4.31 Å². The molecule has 0 atom stereocenters. The van der Waals surface area contributed by atoms with Gasteiger partial charge < -0.3 is 10.2 Å². The molecule has 1 fully saturated rings. The Labute approximate surface area is 161 Å². The number of likely N-dealkylation sites (tertiary alicyclic amines) is 1. The van der Waals surface area contributed by atoms with Crippen molar-refractivity contribution in [2.24, 2.45) is 0 Å². The first-order valence-electron chi connectivity index (χ1n) is 9.37. The standard InChI is InChI=1S/C19H29N3O4S/c1-15(2)21(3)27(25,26)17-9-7-16(8-10-17)19(24)20-12-11-18(23)22-13-5-4-6-14-22/h7-10,15H,4-6,11-14H2,1-3H3,(H,20,24). The van der Waals surface area contributed by atoms with Crippen molar-refractivity contribution < 1.29 is 18.0 Å². The van der Waals surface area contributed by atoms with Crippen LogP contribution in [0.25, 0.3) is 0 Å². The summed E-state index contributed by atoms with van der Waals surface area (Å²) in [7, 11) is -2.04. The van der Waals surface area contributed by atoms with Crippen LogP contribution in [0.2, 0.25) is 0 Å². The Morgan fingerprint density at radius 2 is 1.70 bits per heavy atom. The van der Waals surface area contributed by atoms with Crippen molar-refractivity contribution >= 4 is 21.8 Å². The van der Waals surface area contributed by atoms with Gasteiger partial charge in [-0.05, 0) is 57.4 Å². The summed E-state index contributed by atoms with van der Waals surface area (Å²) in [5, 5.41) is 2.72. The Morgan fingerprint density at radius 1 is 1.11 bits per heavy atom. The van der Waals surface area contributed by atoms with Gasteiger partial charge in [0, 0.05) is 44.7 Å². The van der Waals surface area contributed by atoms with E-state index in [-0.39, 0.29) is 35.7 Å². The maximum atomic E-state index is 12.4. The fourth-order valence-electron chi connectivity index (χ4n) is 2.91. The van der Waals surface area contributed by atoms with Crippen LogP contribution in [0.5, 0.6) is 0 Å². The van der Waals surface area contributed by atoms with Gasteiger partial charge in [0.1, 0.15) is 0 Å². The van der Waals surface area contributed by atoms with Crippen LogP contribution in [0, 0.1) is 0 Å². The lowest BCUT2D eigenvalue weighted by Gasteiger charge is -2.26. The molecule has 1 aromatic rings. The minimum atomic E-state index is -3.57. The van der Waals surface area contributed by atoms with Crippen LogP contribution in [0.15, 0.2) is 29.2 Å². The van der Waals surface area contributed by atoms with Gasteiger partial charge in [-0.15, -0.1) is 0 Å². The maximum absolute atomic E-state index is 12.4. The van der Waals surface area contributed by atoms with Crippen molar-refractivity contribution in [3.63, 3.8) is 0 Å². The Hall–Kier alpha value is -1.93. The Kier molecular flexibility index (Phi) is 7.38. The van der Waals surface area contributed by atoms with E-state index in [1.807, 2.05) is 4.90 Å². The van der Waals surface area contributed by atoms with Gasteiger partial charge in [-0.1, -0.05) is 0 Å². The van der Waals surface area contributed by atoms with Gasteiger partial charge in [0.2, 0.25) is 15.9 Å². The summed E-state index contributed by atoms with van der Waals surface area (Å²) in [4.78, 5) is 26.3. The molecule has 0 spiro atoms. The lowest BCUT2D eigenvalue weighted by Crippen LogP contribution is -2.37. The summed E-state index contributed by atoms with van der Waals surface area (Å²) in [5.74, 6) is -0.254. The van der Waals surface area contributed by atoms with E-state index in [4.69, 9.17) is 0 Å². The zero-order valence-corrected chi connectivity index (χ0v) is 17.1. The summed E-state index contributed by atoms with van der Waals surface area (Å²) in [6.07, 6.45) is 3.52. The summed E-state index contributed by atoms with van der Waals surface area (Å²) < 4.78 is 26.2. The second-order valence-corrected chi connectivity index (χ2v) is 9.08. The molecule has 0 aromatic heterocycles. The molecule has 0 radical (unpaired) electrons. The number of benzene rings is 1. The normalized spacial score (nSPS) is 15.2. The van der Waals surface area contributed by atoms with Crippen LogP contribution in [-0.2, 0) is 14.8 Å². The highest BCUT2D eigenvalue weighted by molar-refractivity contribution is 7.89. The lowest BCUT2D eigenvalue weighted by molar-refractivity contribution is -0.131. The maximum Gasteiger partial charge on any atom is 0.251 e. The van der Waals surface area contributed by atoms with Gasteiger partial charge in [0.15, 0.2) is 0 Å². The van der Waals surface area contributed by atoms with Crippen LogP contribution < -0.4 is 5.32 Å². The van der Waals surface area contributed by atoms with E-state index in [1.165, 1.54) is 42.0 Å². The van der Waals surface area contributed by atoms with Gasteiger partial charge in [0.05, 0.1) is 4.90 Å². The summed E-state index contributed by atoms with van der Waals surface area (Å²) >= 11 is 0. The van der Waals surface area contributed by atoms with Crippen LogP contribution in [-0.4, -0.2) is 62.2 Å². The predicted molar refractivity (Wildman–Crippen MR) is 104 cm³/mol. The monoisotopic (exact) mass is 395 g/mol. The molecule has 1 heterocycles. The van der Waals surface area contributed by atoms with Crippen LogP contribution in [0.3, 0.4) is 0 Å². The van der Waals surface area contributed by atoms with E-state index >= 15 is 0 Å². The van der Waals surface area contributed by atoms with Gasteiger partial charge in [0.25, 0.3) is 5.91 Å². The third-order valence-electron chi connectivity index (χ3n) is 4.85. The first-order valence-corrected chi connectivity index (χ1v) is 10.8. The van der Waals surface area contributed by atoms with Crippen molar-refractivity contribution in [3.05, 3.63) is 29.8 Å². The first-order chi connectivity index (χ1) is 12.7. The van der Waals surface area contributed by atoms with E-state index in [0.717, 1.165) is 25.9 Å². The summed E-state index contributed by atoms with van der Waals surface area (Å²) in [6, 6.07) is 5.69. The number of hydrogen-bond acceptors (Lipinski definition) is 4. The number of nitrogens with zero attached hydrogens (tertiary/aromatic N) is 2. The molecule has 8 heteroatoms. The Morgan fingerprint density at radius 3 is 2.26 bits per heavy atom. The molecule has 27 heavy (non-hydrogen) atoms. The van der Waals surface area contributed by atoms with E-state index < -0.39 is 10.0 Å². The number of hydrogen-bond donors (Lipinski definition) is 1. The highest BCUT2D eigenvalue weighted by Crippen LogP contribution is 2.17. The lowest BCUT2D eigenvalue weighted by atomic mass is 10.1. The van der Waals surface area contributed by atoms with E-state index in [0.29, 0.717) is 5.56 Å². The van der Waals surface area contributed by atoms with Crippen molar-refractivity contribution in [1.29, 1.82) is 0 Å². The van der Waals surface area contributed by atoms with E-state index in [1.54, 1.807) is 13.8 Å². The topological polar surface area (TPSA) is 86.8 Å². The zero-order valence-electron chi connectivity index (χ0n) is 16.3. The molecule has 0 unspecified atom stereocenters. The van der Waals surface area contributed by atoms with Gasteiger partial charge >= 0.3 is 0 Å². The van der Waals surface area contributed by atoms with Crippen LogP contribution in [0.4, 0.5) is 0 Å². The third-order valence-corrected chi connectivity index (χ3v) is 6.90. The Balaban J connectivity index is 1.89. The molecule has 0 bridgehead atoms. The Bertz CT molecular complexity index is 754. The number of carbonyl (C=O) groups is 2. The average Bonchev–Trinajstić information content (AvgIpc) is 2.67. The minimum absolute atomic E-state index is 0.0631. The number of amides is 2. The summed E-state index contributed by atoms with van der Waals surface area (Å²) in [6.45, 7) is 5.46. The summed E-state index contributed by atoms with van der Waals surface area (Å²) in [5.41, 5.74) is 0.367. The number of carbonyl (C=O) groups excluding carboxylic acids is 2. The molecule has 150 valence electrons. The molecule has 0 saturated carbocycles. The smallest absolute Gasteiger partial charge is 0.251 e. The van der Waals surface area contributed by atoms with Crippen molar-refractivity contribution in [2.45, 2.75) is 50.5 Å². The van der Waals surface area contributed by atoms with Crippen LogP contribution in [0.1, 0.15) is 49.9 Å². The molecule has 7 nitrogen and oxygen atoms in total. The number of sulfonamides is 1. The first kappa shape index (κ1) is 21.4. The highest BCUT2D eigenvalue weighted by Gasteiger charge is 2.23. The molecule has 1 aliphatic heterocycles. The molecular weight excluding hydrogens is 366 g/mol. The van der Waals surface area contributed by atoms with E-state index in [2.05, 4.69) is 5.32 Å². The van der Waals surface area contributed by atoms with E-state index in [9.17, 15) is 18.0 Å². The van der Waals surface area contributed by atoms with Crippen molar-refractivity contribution in [1.82, 2.24) is 14.5 Å². The molecule has 1 saturated heterocycles. The SMILES string of the molecule is CC(C)N(C)S(=O)(=O)c1ccc(C(=O)NCCC(=O)N2CCCCC2)cc1. The largest absolute Gasteiger partial charge is 0.352 e. The molecule has 0 aliphatic carbocycles. The average molecular weight is 396 g/mol. The van der Waals surface area contributed by atoms with Crippen LogP contribution >= 0.6 is 0 Å². The molecule has 1 aromatic carbocycles. The van der Waals surface area contributed by atoms with Crippen molar-refractivity contribution in [3.8, 4) is 0 Å². The third kappa shape index (κ3) is 5.52. The minimum Gasteiger partial charge on any atom is -0.352 e. The zero-order chi connectivity index (χ0) is 20.0. The molecule has 2 amide bonds. The molecule has 1 aliphatic rings. The number of rotatable bonds is 7. The van der Waals surface area contributed by atoms with Crippen molar-refractivity contribution in [2.75, 3.05) is 26.7 Å². The number of piperidine rings is 1. The molecular formula is C19H29N3O4S. The quantitative estimate of drug-likeness (QED) is 0.763. The highest BCUT2D eigenvalue weighted by atomic mass is 32.2. The van der Waals surface area contributed by atoms with Gasteiger partial charge in [-0.3, -0.25) is 9.59 Å².